The molecule has 0 saturated heterocycles. The molecule has 1 heterocycles. The maximum Gasteiger partial charge on any atom is 0.0270 e. The Labute approximate surface area is 126 Å². The van der Waals surface area contributed by atoms with Crippen LogP contribution in [-0.4, -0.2) is 11.8 Å². The summed E-state index contributed by atoms with van der Waals surface area (Å²) < 4.78 is 0.593. The van der Waals surface area contributed by atoms with Gasteiger partial charge in [0.15, 0.2) is 0 Å². The van der Waals surface area contributed by atoms with E-state index in [4.69, 9.17) is 0 Å². The quantitative estimate of drug-likeness (QED) is 0.473. The van der Waals surface area contributed by atoms with E-state index in [2.05, 4.69) is 90.0 Å². The second kappa shape index (κ2) is 5.50. The predicted octanol–water partition coefficient (Wildman–Crippen LogP) is 4.98. The van der Waals surface area contributed by atoms with Crippen LogP contribution < -0.4 is 0 Å². The molecule has 0 amide bonds. The van der Waals surface area contributed by atoms with Gasteiger partial charge in [-0.15, -0.1) is 0 Å². The van der Waals surface area contributed by atoms with E-state index in [1.54, 1.807) is 0 Å². The lowest BCUT2D eigenvalue weighted by molar-refractivity contribution is 0.485. The van der Waals surface area contributed by atoms with Gasteiger partial charge in [0.25, 0.3) is 0 Å². The smallest absolute Gasteiger partial charge is 0.0270 e. The number of aromatic nitrogens is 1. The molecule has 0 aliphatic carbocycles. The van der Waals surface area contributed by atoms with E-state index in [0.29, 0.717) is 9.34 Å². The Hall–Kier alpha value is 0.610. The van der Waals surface area contributed by atoms with Gasteiger partial charge in [-0.25, -0.2) is 0 Å². The third kappa shape index (κ3) is 4.85. The molecule has 1 rings (SSSR count). The Kier molecular flexibility index (Phi) is 5.04. The Balaban J connectivity index is 2.98. The Morgan fingerprint density at radius 2 is 1.62 bits per heavy atom. The molecular weight excluding hydrogens is 424 g/mol. The average molecular weight is 443 g/mol. The standard InChI is InChI=1S/C13H19I2N/c1-12(2,14)9-11(13(3,4)15)10-5-7-16-8-6-10/h5-8,11H,9H2,1-4H3. The van der Waals surface area contributed by atoms with Crippen molar-refractivity contribution in [2.24, 2.45) is 0 Å². The molecule has 0 saturated carbocycles. The van der Waals surface area contributed by atoms with E-state index >= 15 is 0 Å². The maximum atomic E-state index is 4.10. The molecule has 0 aliphatic rings. The molecule has 0 fully saturated rings. The van der Waals surface area contributed by atoms with Gasteiger partial charge in [0.1, 0.15) is 0 Å². The molecule has 0 N–H and O–H groups in total. The van der Waals surface area contributed by atoms with Crippen LogP contribution in [0.5, 0.6) is 0 Å². The summed E-state index contributed by atoms with van der Waals surface area (Å²) in [6.07, 6.45) is 4.98. The minimum absolute atomic E-state index is 0.265. The fourth-order valence-corrected chi connectivity index (χ4v) is 2.86. The van der Waals surface area contributed by atoms with Crippen molar-refractivity contribution >= 4 is 45.2 Å². The fourth-order valence-electron chi connectivity index (χ4n) is 1.84. The molecule has 0 aliphatic heterocycles. The van der Waals surface area contributed by atoms with Crippen LogP contribution in [0.1, 0.15) is 45.6 Å². The second-order valence-electron chi connectivity index (χ2n) is 5.32. The van der Waals surface area contributed by atoms with Crippen molar-refractivity contribution in [3.63, 3.8) is 0 Å². The van der Waals surface area contributed by atoms with Crippen molar-refractivity contribution in [1.82, 2.24) is 4.98 Å². The molecule has 0 bridgehead atoms. The first-order valence-electron chi connectivity index (χ1n) is 5.48. The van der Waals surface area contributed by atoms with Crippen molar-refractivity contribution < 1.29 is 0 Å². The van der Waals surface area contributed by atoms with Crippen LogP contribution in [0, 0.1) is 0 Å². The third-order valence-electron chi connectivity index (χ3n) is 2.63. The first-order valence-corrected chi connectivity index (χ1v) is 7.64. The van der Waals surface area contributed by atoms with Crippen LogP contribution in [-0.2, 0) is 0 Å². The topological polar surface area (TPSA) is 12.9 Å². The Bertz CT molecular complexity index is 322. The molecular formula is C13H19I2N. The number of nitrogens with zero attached hydrogens (tertiary/aromatic N) is 1. The molecule has 1 atom stereocenters. The summed E-state index contributed by atoms with van der Waals surface area (Å²) in [6, 6.07) is 4.29. The first-order chi connectivity index (χ1) is 7.20. The number of alkyl halides is 2. The first kappa shape index (κ1) is 14.7. The normalized spacial score (nSPS) is 14.9. The van der Waals surface area contributed by atoms with Crippen molar-refractivity contribution in [1.29, 1.82) is 0 Å². The third-order valence-corrected chi connectivity index (χ3v) is 3.82. The highest BCUT2D eigenvalue weighted by Crippen LogP contribution is 2.42. The van der Waals surface area contributed by atoms with Crippen molar-refractivity contribution in [3.05, 3.63) is 30.1 Å². The number of rotatable bonds is 4. The maximum absolute atomic E-state index is 4.10. The van der Waals surface area contributed by atoms with Crippen molar-refractivity contribution in [3.8, 4) is 0 Å². The van der Waals surface area contributed by atoms with E-state index in [1.165, 1.54) is 12.0 Å². The van der Waals surface area contributed by atoms with Gasteiger partial charge in [-0.3, -0.25) is 4.98 Å². The summed E-state index contributed by atoms with van der Waals surface area (Å²) in [6.45, 7) is 9.20. The van der Waals surface area contributed by atoms with Gasteiger partial charge in [0, 0.05) is 19.2 Å². The van der Waals surface area contributed by atoms with Gasteiger partial charge in [0.05, 0.1) is 0 Å². The SMILES string of the molecule is CC(C)(I)CC(c1ccncc1)C(C)(C)I. The summed E-state index contributed by atoms with van der Waals surface area (Å²) in [5.74, 6) is 0.572. The lowest BCUT2D eigenvalue weighted by atomic mass is 9.82. The van der Waals surface area contributed by atoms with Gasteiger partial charge in [0.2, 0.25) is 0 Å². The molecule has 1 nitrogen and oxygen atoms in total. The van der Waals surface area contributed by atoms with Gasteiger partial charge in [-0.1, -0.05) is 72.9 Å². The van der Waals surface area contributed by atoms with Crippen LogP contribution in [0.25, 0.3) is 0 Å². The average Bonchev–Trinajstić information content (AvgIpc) is 2.13. The number of hydrogen-bond acceptors (Lipinski definition) is 1. The zero-order chi connectivity index (χ0) is 12.4. The van der Waals surface area contributed by atoms with Crippen molar-refractivity contribution in [2.75, 3.05) is 0 Å². The fraction of sp³-hybridized carbons (Fsp3) is 0.615. The molecule has 1 aromatic heterocycles. The van der Waals surface area contributed by atoms with Crippen LogP contribution in [0.3, 0.4) is 0 Å². The van der Waals surface area contributed by atoms with Gasteiger partial charge in [-0.2, -0.15) is 0 Å². The molecule has 0 spiro atoms. The van der Waals surface area contributed by atoms with Gasteiger partial charge in [-0.05, 0) is 30.0 Å². The summed E-state index contributed by atoms with van der Waals surface area (Å²) >= 11 is 5.10. The van der Waals surface area contributed by atoms with Crippen LogP contribution in [0.2, 0.25) is 0 Å². The highest BCUT2D eigenvalue weighted by Gasteiger charge is 2.32. The largest absolute Gasteiger partial charge is 0.265 e. The highest BCUT2D eigenvalue weighted by atomic mass is 127. The summed E-state index contributed by atoms with van der Waals surface area (Å²) in [4.78, 5) is 4.10. The van der Waals surface area contributed by atoms with Crippen LogP contribution in [0.4, 0.5) is 0 Å². The number of halogens is 2. The van der Waals surface area contributed by atoms with E-state index in [9.17, 15) is 0 Å². The molecule has 0 radical (unpaired) electrons. The van der Waals surface area contributed by atoms with Crippen molar-refractivity contribution in [2.45, 2.75) is 46.9 Å². The zero-order valence-corrected chi connectivity index (χ0v) is 14.6. The van der Waals surface area contributed by atoms with Crippen LogP contribution >= 0.6 is 45.2 Å². The second-order valence-corrected chi connectivity index (χ2v) is 11.0. The number of hydrogen-bond donors (Lipinski definition) is 0. The lowest BCUT2D eigenvalue weighted by Gasteiger charge is -2.33. The molecule has 1 unspecified atom stereocenters. The Morgan fingerprint density at radius 3 is 2.00 bits per heavy atom. The Morgan fingerprint density at radius 1 is 1.12 bits per heavy atom. The minimum atomic E-state index is 0.265. The number of pyridine rings is 1. The van der Waals surface area contributed by atoms with E-state index < -0.39 is 0 Å². The van der Waals surface area contributed by atoms with E-state index in [0.717, 1.165) is 0 Å². The van der Waals surface area contributed by atoms with Gasteiger partial charge < -0.3 is 0 Å². The van der Waals surface area contributed by atoms with Gasteiger partial charge >= 0.3 is 0 Å². The summed E-state index contributed by atoms with van der Waals surface area (Å²) in [5.41, 5.74) is 1.40. The summed E-state index contributed by atoms with van der Waals surface area (Å²) in [7, 11) is 0. The monoisotopic (exact) mass is 443 g/mol. The molecule has 3 heteroatoms. The van der Waals surface area contributed by atoms with E-state index in [-0.39, 0.29) is 3.42 Å². The van der Waals surface area contributed by atoms with E-state index in [1.807, 2.05) is 12.4 Å². The highest BCUT2D eigenvalue weighted by molar-refractivity contribution is 14.1. The molecule has 0 aromatic carbocycles. The van der Waals surface area contributed by atoms with Crippen LogP contribution in [0.15, 0.2) is 24.5 Å². The predicted molar refractivity (Wildman–Crippen MR) is 87.8 cm³/mol. The molecule has 90 valence electrons. The zero-order valence-electron chi connectivity index (χ0n) is 10.3. The summed E-state index contributed by atoms with van der Waals surface area (Å²) in [5, 5.41) is 0. The lowest BCUT2D eigenvalue weighted by Crippen LogP contribution is -2.27. The minimum Gasteiger partial charge on any atom is -0.265 e. The molecule has 1 aromatic rings. The molecule has 16 heavy (non-hydrogen) atoms.